The van der Waals surface area contributed by atoms with E-state index in [1.54, 1.807) is 13.2 Å². The number of nitrogens with zero attached hydrogens (tertiary/aromatic N) is 2. The van der Waals surface area contributed by atoms with Crippen molar-refractivity contribution in [1.82, 2.24) is 9.78 Å². The zero-order valence-electron chi connectivity index (χ0n) is 13.9. The maximum atomic E-state index is 10.6. The average molecular weight is 321 g/mol. The molecule has 1 aliphatic rings. The summed E-state index contributed by atoms with van der Waals surface area (Å²) in [6.45, 7) is 4.05. The summed E-state index contributed by atoms with van der Waals surface area (Å²) in [4.78, 5) is 0. The molecule has 5 heteroatoms. The zero-order chi connectivity index (χ0) is 16.8. The van der Waals surface area contributed by atoms with E-state index in [4.69, 9.17) is 4.74 Å². The van der Waals surface area contributed by atoms with Crippen LogP contribution in [0.3, 0.4) is 0 Å². The number of hydrogen-bond donors (Lipinski definition) is 2. The number of hydrogen-bond acceptors (Lipinski definition) is 4. The van der Waals surface area contributed by atoms with E-state index >= 15 is 0 Å². The van der Waals surface area contributed by atoms with Crippen LogP contribution in [0.4, 0.5) is 5.69 Å². The van der Waals surface area contributed by atoms with Crippen LogP contribution in [-0.2, 0) is 0 Å². The van der Waals surface area contributed by atoms with Crippen LogP contribution in [0, 0.1) is 13.8 Å². The maximum absolute atomic E-state index is 10.6. The Morgan fingerprint density at radius 1 is 1.17 bits per heavy atom. The quantitative estimate of drug-likeness (QED) is 0.752. The fourth-order valence-corrected chi connectivity index (χ4v) is 3.25. The van der Waals surface area contributed by atoms with Gasteiger partial charge in [0.05, 0.1) is 18.5 Å². The Kier molecular flexibility index (Phi) is 3.23. The molecule has 4 rings (SSSR count). The van der Waals surface area contributed by atoms with Gasteiger partial charge in [-0.25, -0.2) is 4.68 Å². The first-order valence-corrected chi connectivity index (χ1v) is 7.88. The monoisotopic (exact) mass is 321 g/mol. The summed E-state index contributed by atoms with van der Waals surface area (Å²) >= 11 is 0. The normalized spacial score (nSPS) is 15.4. The van der Waals surface area contributed by atoms with E-state index in [-0.39, 0.29) is 11.9 Å². The minimum absolute atomic E-state index is 0.132. The molecule has 1 atom stereocenters. The number of rotatable bonds is 2. The largest absolute Gasteiger partial charge is 0.504 e. The second kappa shape index (κ2) is 5.30. The lowest BCUT2D eigenvalue weighted by Crippen LogP contribution is -2.25. The molecule has 2 aromatic carbocycles. The first-order chi connectivity index (χ1) is 11.6. The van der Waals surface area contributed by atoms with Crippen molar-refractivity contribution in [2.45, 2.75) is 20.0 Å². The zero-order valence-corrected chi connectivity index (χ0v) is 13.9. The summed E-state index contributed by atoms with van der Waals surface area (Å²) < 4.78 is 7.17. The van der Waals surface area contributed by atoms with Crippen molar-refractivity contribution in [3.8, 4) is 22.8 Å². The van der Waals surface area contributed by atoms with E-state index in [9.17, 15) is 5.11 Å². The van der Waals surface area contributed by atoms with Crippen LogP contribution in [0.1, 0.15) is 23.0 Å². The van der Waals surface area contributed by atoms with Crippen LogP contribution >= 0.6 is 0 Å². The maximum Gasteiger partial charge on any atom is 0.164 e. The van der Waals surface area contributed by atoms with Gasteiger partial charge in [0.25, 0.3) is 0 Å². The predicted octanol–water partition coefficient (Wildman–Crippen LogP) is 3.85. The molecule has 1 aliphatic heterocycles. The van der Waals surface area contributed by atoms with E-state index in [1.165, 1.54) is 5.56 Å². The standard InChI is InChI=1S/C19H19N3O2/c1-11-7-8-15-14(9-11)16-10-12(2)21-22(16)19(20-15)13-5-4-6-17(24-3)18(13)23/h4-10,19-20,23H,1-3H3/t19-/m1/s1. The Bertz CT molecular complexity index is 930. The van der Waals surface area contributed by atoms with Gasteiger partial charge in [-0.2, -0.15) is 5.10 Å². The van der Waals surface area contributed by atoms with E-state index in [0.29, 0.717) is 5.75 Å². The van der Waals surface area contributed by atoms with Gasteiger partial charge in [0.15, 0.2) is 17.7 Å². The number of fused-ring (bicyclic) bond motifs is 3. The van der Waals surface area contributed by atoms with Crippen LogP contribution < -0.4 is 10.1 Å². The molecule has 5 nitrogen and oxygen atoms in total. The van der Waals surface area contributed by atoms with Gasteiger partial charge in [0, 0.05) is 16.8 Å². The molecule has 0 amide bonds. The average Bonchev–Trinajstić information content (AvgIpc) is 2.96. The predicted molar refractivity (Wildman–Crippen MR) is 93.6 cm³/mol. The number of phenols is 1. The number of aryl methyl sites for hydroxylation is 2. The first-order valence-electron chi connectivity index (χ1n) is 7.88. The van der Waals surface area contributed by atoms with Crippen LogP contribution in [0.5, 0.6) is 11.5 Å². The third-order valence-corrected chi connectivity index (χ3v) is 4.39. The Morgan fingerprint density at radius 3 is 2.79 bits per heavy atom. The topological polar surface area (TPSA) is 59.3 Å². The summed E-state index contributed by atoms with van der Waals surface area (Å²) in [7, 11) is 1.55. The third kappa shape index (κ3) is 2.12. The molecular weight excluding hydrogens is 302 g/mol. The molecular formula is C19H19N3O2. The number of ether oxygens (including phenoxy) is 1. The van der Waals surface area contributed by atoms with Gasteiger partial charge in [0.2, 0.25) is 0 Å². The van der Waals surface area contributed by atoms with Crippen LogP contribution in [-0.4, -0.2) is 22.0 Å². The number of para-hydroxylation sites is 1. The molecule has 1 aromatic heterocycles. The highest BCUT2D eigenvalue weighted by atomic mass is 16.5. The van der Waals surface area contributed by atoms with Crippen molar-refractivity contribution in [1.29, 1.82) is 0 Å². The highest BCUT2D eigenvalue weighted by Gasteiger charge is 2.29. The summed E-state index contributed by atoms with van der Waals surface area (Å²) in [6, 6.07) is 13.9. The van der Waals surface area contributed by atoms with Crippen LogP contribution in [0.15, 0.2) is 42.5 Å². The Balaban J connectivity index is 1.92. The third-order valence-electron chi connectivity index (χ3n) is 4.39. The molecule has 0 fully saturated rings. The second-order valence-corrected chi connectivity index (χ2v) is 6.11. The van der Waals surface area contributed by atoms with Crippen molar-refractivity contribution in [2.75, 3.05) is 12.4 Å². The summed E-state index contributed by atoms with van der Waals surface area (Å²) in [5, 5.41) is 18.7. The van der Waals surface area contributed by atoms with Crippen molar-refractivity contribution in [3.05, 3.63) is 59.3 Å². The van der Waals surface area contributed by atoms with Gasteiger partial charge in [-0.1, -0.05) is 23.8 Å². The number of nitrogens with one attached hydrogen (secondary N) is 1. The number of aromatic hydroxyl groups is 1. The van der Waals surface area contributed by atoms with Crippen molar-refractivity contribution >= 4 is 5.69 Å². The van der Waals surface area contributed by atoms with Gasteiger partial charge in [-0.15, -0.1) is 0 Å². The second-order valence-electron chi connectivity index (χ2n) is 6.11. The fourth-order valence-electron chi connectivity index (χ4n) is 3.25. The lowest BCUT2D eigenvalue weighted by Gasteiger charge is -2.30. The molecule has 0 bridgehead atoms. The molecule has 0 aliphatic carbocycles. The number of aromatic nitrogens is 2. The highest BCUT2D eigenvalue weighted by Crippen LogP contribution is 2.42. The highest BCUT2D eigenvalue weighted by molar-refractivity contribution is 5.79. The molecule has 0 radical (unpaired) electrons. The lowest BCUT2D eigenvalue weighted by atomic mass is 10.0. The van der Waals surface area contributed by atoms with Gasteiger partial charge in [-0.3, -0.25) is 0 Å². The summed E-state index contributed by atoms with van der Waals surface area (Å²) in [5.74, 6) is 0.585. The molecule has 0 saturated carbocycles. The van der Waals surface area contributed by atoms with Crippen molar-refractivity contribution < 1.29 is 9.84 Å². The molecule has 24 heavy (non-hydrogen) atoms. The van der Waals surface area contributed by atoms with Crippen LogP contribution in [0.2, 0.25) is 0 Å². The van der Waals surface area contributed by atoms with E-state index in [1.807, 2.05) is 23.7 Å². The molecule has 122 valence electrons. The van der Waals surface area contributed by atoms with Crippen LogP contribution in [0.25, 0.3) is 11.3 Å². The van der Waals surface area contributed by atoms with E-state index < -0.39 is 0 Å². The molecule has 0 unspecified atom stereocenters. The fraction of sp³-hybridized carbons (Fsp3) is 0.211. The Hall–Kier alpha value is -2.95. The van der Waals surface area contributed by atoms with Gasteiger partial charge in [-0.05, 0) is 38.1 Å². The minimum atomic E-state index is -0.293. The number of methoxy groups -OCH3 is 1. The van der Waals surface area contributed by atoms with Gasteiger partial charge in [0.1, 0.15) is 0 Å². The molecule has 0 spiro atoms. The summed E-state index contributed by atoms with van der Waals surface area (Å²) in [6.07, 6.45) is -0.293. The number of anilines is 1. The molecule has 0 saturated heterocycles. The van der Waals surface area contributed by atoms with Gasteiger partial charge < -0.3 is 15.2 Å². The molecule has 2 N–H and O–H groups in total. The Labute approximate surface area is 140 Å². The molecule has 2 heterocycles. The van der Waals surface area contributed by atoms with E-state index in [2.05, 4.69) is 41.6 Å². The first kappa shape index (κ1) is 14.6. The SMILES string of the molecule is COc1cccc([C@@H]2Nc3ccc(C)cc3-c3cc(C)nn32)c1O. The van der Waals surface area contributed by atoms with Crippen molar-refractivity contribution in [2.24, 2.45) is 0 Å². The lowest BCUT2D eigenvalue weighted by molar-refractivity contribution is 0.366. The minimum Gasteiger partial charge on any atom is -0.504 e. The van der Waals surface area contributed by atoms with E-state index in [0.717, 1.165) is 28.2 Å². The summed E-state index contributed by atoms with van der Waals surface area (Å²) in [5.41, 5.74) is 6.05. The van der Waals surface area contributed by atoms with Crippen molar-refractivity contribution in [3.63, 3.8) is 0 Å². The number of benzene rings is 2. The Morgan fingerprint density at radius 2 is 2.00 bits per heavy atom. The smallest absolute Gasteiger partial charge is 0.164 e. The number of phenolic OH excluding ortho intramolecular Hbond substituents is 1. The van der Waals surface area contributed by atoms with Gasteiger partial charge >= 0.3 is 0 Å². The molecule has 3 aromatic rings.